The van der Waals surface area contributed by atoms with Crippen LogP contribution in [0.4, 0.5) is 11.4 Å². The first kappa shape index (κ1) is 14.1. The third-order valence-corrected chi connectivity index (χ3v) is 4.42. The van der Waals surface area contributed by atoms with Crippen LogP contribution in [0.15, 0.2) is 18.2 Å². The number of para-hydroxylation sites is 1. The van der Waals surface area contributed by atoms with E-state index >= 15 is 0 Å². The largest absolute Gasteiger partial charge is 0.487 e. The smallest absolute Gasteiger partial charge is 0.333 e. The van der Waals surface area contributed by atoms with Crippen molar-refractivity contribution in [3.63, 3.8) is 0 Å². The maximum absolute atomic E-state index is 11.5. The van der Waals surface area contributed by atoms with Crippen molar-refractivity contribution in [2.75, 3.05) is 37.8 Å². The normalized spacial score (nSPS) is 24.7. The van der Waals surface area contributed by atoms with Gasteiger partial charge in [-0.1, -0.05) is 6.07 Å². The van der Waals surface area contributed by atoms with Crippen molar-refractivity contribution in [1.82, 2.24) is 0 Å². The second kappa shape index (κ2) is 5.52. The van der Waals surface area contributed by atoms with Crippen LogP contribution in [0.2, 0.25) is 0 Å². The summed E-state index contributed by atoms with van der Waals surface area (Å²) in [5.74, 6) is 0.351. The number of hydrogen-bond donors (Lipinski definition) is 0. The first-order valence-corrected chi connectivity index (χ1v) is 7.38. The number of benzene rings is 1. The molecule has 0 saturated carbocycles. The van der Waals surface area contributed by atoms with Crippen molar-refractivity contribution in [2.24, 2.45) is 5.41 Å². The first-order valence-electron chi connectivity index (χ1n) is 7.38. The average molecular weight is 292 g/mol. The molecule has 1 aromatic rings. The lowest BCUT2D eigenvalue weighted by Gasteiger charge is -2.23. The number of nitro groups is 1. The van der Waals surface area contributed by atoms with Crippen LogP contribution >= 0.6 is 0 Å². The Hall–Kier alpha value is -1.82. The highest BCUT2D eigenvalue weighted by Gasteiger charge is 2.43. The van der Waals surface area contributed by atoms with E-state index in [4.69, 9.17) is 9.47 Å². The molecule has 6 heteroatoms. The van der Waals surface area contributed by atoms with Crippen LogP contribution in [0.3, 0.4) is 0 Å². The highest BCUT2D eigenvalue weighted by molar-refractivity contribution is 5.70. The summed E-state index contributed by atoms with van der Waals surface area (Å²) in [5.41, 5.74) is 0.917. The summed E-state index contributed by atoms with van der Waals surface area (Å²) >= 11 is 0. The molecule has 1 unspecified atom stereocenters. The van der Waals surface area contributed by atoms with Crippen LogP contribution in [-0.2, 0) is 4.74 Å². The number of ether oxygens (including phenoxy) is 2. The van der Waals surface area contributed by atoms with Crippen molar-refractivity contribution < 1.29 is 14.4 Å². The molecule has 0 radical (unpaired) electrons. The molecule has 0 bridgehead atoms. The summed E-state index contributed by atoms with van der Waals surface area (Å²) in [6.07, 6.45) is 2.07. The van der Waals surface area contributed by atoms with Crippen LogP contribution in [-0.4, -0.2) is 37.8 Å². The van der Waals surface area contributed by atoms with E-state index in [0.717, 1.165) is 39.1 Å². The van der Waals surface area contributed by atoms with Crippen molar-refractivity contribution in [1.29, 1.82) is 0 Å². The molecule has 0 aromatic heterocycles. The van der Waals surface area contributed by atoms with Gasteiger partial charge in [0.15, 0.2) is 5.75 Å². The standard InChI is InChI=1S/C15H20N2O4/c1-2-21-13-5-3-4-12(14(13)17(18)19)16-8-6-15(10-16)7-9-20-11-15/h3-5H,2,6-11H2,1H3. The van der Waals surface area contributed by atoms with Gasteiger partial charge in [-0.2, -0.15) is 0 Å². The lowest BCUT2D eigenvalue weighted by molar-refractivity contribution is -0.385. The third kappa shape index (κ3) is 2.55. The van der Waals surface area contributed by atoms with E-state index in [2.05, 4.69) is 4.90 Å². The second-order valence-electron chi connectivity index (χ2n) is 5.79. The van der Waals surface area contributed by atoms with Crippen molar-refractivity contribution >= 4 is 11.4 Å². The molecule has 21 heavy (non-hydrogen) atoms. The van der Waals surface area contributed by atoms with Gasteiger partial charge in [0.05, 0.1) is 18.1 Å². The number of hydrogen-bond acceptors (Lipinski definition) is 5. The van der Waals surface area contributed by atoms with Crippen LogP contribution in [0.5, 0.6) is 5.75 Å². The Balaban J connectivity index is 1.91. The summed E-state index contributed by atoms with van der Waals surface area (Å²) in [5, 5.41) is 11.5. The SMILES string of the molecule is CCOc1cccc(N2CCC3(CCOC3)C2)c1[N+](=O)[O-]. The van der Waals surface area contributed by atoms with Gasteiger partial charge in [-0.05, 0) is 31.9 Å². The topological polar surface area (TPSA) is 64.8 Å². The van der Waals surface area contributed by atoms with Gasteiger partial charge >= 0.3 is 5.69 Å². The summed E-state index contributed by atoms with van der Waals surface area (Å²) < 4.78 is 10.9. The molecule has 2 heterocycles. The predicted molar refractivity (Wildman–Crippen MR) is 79.0 cm³/mol. The first-order chi connectivity index (χ1) is 10.2. The van der Waals surface area contributed by atoms with Crippen LogP contribution in [0.1, 0.15) is 19.8 Å². The highest BCUT2D eigenvalue weighted by Crippen LogP contribution is 2.44. The molecule has 1 spiro atoms. The monoisotopic (exact) mass is 292 g/mol. The lowest BCUT2D eigenvalue weighted by atomic mass is 9.87. The summed E-state index contributed by atoms with van der Waals surface area (Å²) in [6.45, 7) is 5.47. The molecular formula is C15H20N2O4. The van der Waals surface area contributed by atoms with E-state index < -0.39 is 0 Å². The molecule has 3 rings (SSSR count). The van der Waals surface area contributed by atoms with Gasteiger partial charge < -0.3 is 14.4 Å². The van der Waals surface area contributed by atoms with Crippen LogP contribution in [0, 0.1) is 15.5 Å². The van der Waals surface area contributed by atoms with Gasteiger partial charge in [-0.25, -0.2) is 0 Å². The van der Waals surface area contributed by atoms with Crippen molar-refractivity contribution in [3.05, 3.63) is 28.3 Å². The third-order valence-electron chi connectivity index (χ3n) is 4.42. The minimum absolute atomic E-state index is 0.0790. The fourth-order valence-corrected chi connectivity index (χ4v) is 3.33. The Morgan fingerprint density at radius 2 is 2.33 bits per heavy atom. The van der Waals surface area contributed by atoms with Crippen molar-refractivity contribution in [3.8, 4) is 5.75 Å². The van der Waals surface area contributed by atoms with Gasteiger partial charge in [0.25, 0.3) is 0 Å². The second-order valence-corrected chi connectivity index (χ2v) is 5.79. The fourth-order valence-electron chi connectivity index (χ4n) is 3.33. The molecular weight excluding hydrogens is 272 g/mol. The molecule has 1 atom stereocenters. The number of nitrogens with zero attached hydrogens (tertiary/aromatic N) is 2. The van der Waals surface area contributed by atoms with E-state index in [1.807, 2.05) is 19.1 Å². The minimum atomic E-state index is -0.337. The Morgan fingerprint density at radius 3 is 3.00 bits per heavy atom. The molecule has 2 aliphatic rings. The molecule has 0 aliphatic carbocycles. The van der Waals surface area contributed by atoms with Crippen LogP contribution in [0.25, 0.3) is 0 Å². The minimum Gasteiger partial charge on any atom is -0.487 e. The van der Waals surface area contributed by atoms with Gasteiger partial charge in [0.1, 0.15) is 5.69 Å². The Morgan fingerprint density at radius 1 is 1.48 bits per heavy atom. The van der Waals surface area contributed by atoms with Gasteiger partial charge in [0.2, 0.25) is 0 Å². The maximum atomic E-state index is 11.5. The molecule has 114 valence electrons. The van der Waals surface area contributed by atoms with E-state index in [-0.39, 0.29) is 16.0 Å². The van der Waals surface area contributed by atoms with Gasteiger partial charge in [-0.15, -0.1) is 0 Å². The lowest BCUT2D eigenvalue weighted by Crippen LogP contribution is -2.27. The molecule has 1 aromatic carbocycles. The van der Waals surface area contributed by atoms with Crippen LogP contribution < -0.4 is 9.64 Å². The van der Waals surface area contributed by atoms with Gasteiger partial charge in [0, 0.05) is 25.1 Å². The summed E-state index contributed by atoms with van der Waals surface area (Å²) in [7, 11) is 0. The molecule has 2 aliphatic heterocycles. The number of rotatable bonds is 4. The summed E-state index contributed by atoms with van der Waals surface area (Å²) in [4.78, 5) is 13.2. The molecule has 0 amide bonds. The molecule has 2 saturated heterocycles. The predicted octanol–water partition coefficient (Wildman–Crippen LogP) is 2.61. The van der Waals surface area contributed by atoms with E-state index in [1.165, 1.54) is 0 Å². The fraction of sp³-hybridized carbons (Fsp3) is 0.600. The molecule has 0 N–H and O–H groups in total. The number of nitro benzene ring substituents is 1. The van der Waals surface area contributed by atoms with Gasteiger partial charge in [-0.3, -0.25) is 10.1 Å². The molecule has 6 nitrogen and oxygen atoms in total. The maximum Gasteiger partial charge on any atom is 0.333 e. The molecule has 2 fully saturated rings. The van der Waals surface area contributed by atoms with Crippen molar-refractivity contribution in [2.45, 2.75) is 19.8 Å². The Kier molecular flexibility index (Phi) is 3.71. The zero-order valence-electron chi connectivity index (χ0n) is 12.2. The zero-order valence-corrected chi connectivity index (χ0v) is 12.2. The Bertz CT molecular complexity index is 540. The van der Waals surface area contributed by atoms with E-state index in [9.17, 15) is 10.1 Å². The highest BCUT2D eigenvalue weighted by atomic mass is 16.6. The zero-order chi connectivity index (χ0) is 14.9. The summed E-state index contributed by atoms with van der Waals surface area (Å²) in [6, 6.07) is 5.30. The van der Waals surface area contributed by atoms with E-state index in [1.54, 1.807) is 6.07 Å². The Labute approximate surface area is 123 Å². The number of anilines is 1. The average Bonchev–Trinajstić information content (AvgIpc) is 3.09. The van der Waals surface area contributed by atoms with E-state index in [0.29, 0.717) is 18.0 Å². The quantitative estimate of drug-likeness (QED) is 0.630.